The highest BCUT2D eigenvalue weighted by Crippen LogP contribution is 2.46. The lowest BCUT2D eigenvalue weighted by Crippen LogP contribution is -2.38. The summed E-state index contributed by atoms with van der Waals surface area (Å²) in [5.74, 6) is 1.46. The van der Waals surface area contributed by atoms with Gasteiger partial charge in [-0.2, -0.15) is 5.10 Å². The Balaban J connectivity index is 1.28. The highest BCUT2D eigenvalue weighted by molar-refractivity contribution is 5.98. The summed E-state index contributed by atoms with van der Waals surface area (Å²) in [6, 6.07) is 11.6. The Kier molecular flexibility index (Phi) is 4.69. The number of likely N-dealkylation sites (N-methyl/N-ethyl adjacent to an activating group) is 1. The maximum atomic E-state index is 5.01. The molecule has 166 valence electrons. The third-order valence-corrected chi connectivity index (χ3v) is 7.34. The minimum absolute atomic E-state index is 0.0747. The van der Waals surface area contributed by atoms with E-state index in [0.717, 1.165) is 36.7 Å². The van der Waals surface area contributed by atoms with Crippen molar-refractivity contribution in [3.8, 4) is 0 Å². The predicted molar refractivity (Wildman–Crippen MR) is 129 cm³/mol. The summed E-state index contributed by atoms with van der Waals surface area (Å²) in [6.07, 6.45) is 5.46. The first-order valence-corrected chi connectivity index (χ1v) is 11.8. The van der Waals surface area contributed by atoms with Gasteiger partial charge in [-0.15, -0.1) is 0 Å². The van der Waals surface area contributed by atoms with Gasteiger partial charge in [0.1, 0.15) is 6.17 Å². The average molecular weight is 430 g/mol. The fourth-order valence-electron chi connectivity index (χ4n) is 5.33. The lowest BCUT2D eigenvalue weighted by Gasteiger charge is -2.34. The zero-order valence-electron chi connectivity index (χ0n) is 19.0. The Bertz CT molecular complexity index is 1190. The molecule has 1 saturated carbocycles. The second-order valence-corrected chi connectivity index (χ2v) is 9.31. The predicted octanol–water partition coefficient (Wildman–Crippen LogP) is 4.30. The number of nitrogens with zero attached hydrogens (tertiary/aromatic N) is 4. The second-order valence-electron chi connectivity index (χ2n) is 9.31. The van der Waals surface area contributed by atoms with E-state index < -0.39 is 0 Å². The Hall–Kier alpha value is -2.90. The number of hydrazine groups is 1. The van der Waals surface area contributed by atoms with Crippen molar-refractivity contribution < 1.29 is 0 Å². The van der Waals surface area contributed by atoms with Crippen LogP contribution in [0.5, 0.6) is 0 Å². The second kappa shape index (κ2) is 7.60. The number of aromatic nitrogens is 2. The maximum Gasteiger partial charge on any atom is 0.214 e. The van der Waals surface area contributed by atoms with Crippen LogP contribution in [-0.4, -0.2) is 46.2 Å². The maximum absolute atomic E-state index is 5.01. The molecule has 3 heterocycles. The molecule has 2 aromatic carbocycles. The summed E-state index contributed by atoms with van der Waals surface area (Å²) in [4.78, 5) is 7.55. The number of fused-ring (bicyclic) bond motifs is 2. The van der Waals surface area contributed by atoms with Crippen LogP contribution in [0.1, 0.15) is 67.1 Å². The van der Waals surface area contributed by atoms with E-state index in [2.05, 4.69) is 70.0 Å². The molecule has 1 fully saturated rings. The van der Waals surface area contributed by atoms with E-state index in [1.807, 2.05) is 18.3 Å². The molecular weight excluding hydrogens is 398 g/mol. The number of aliphatic imine (C=N–C) groups is 1. The van der Waals surface area contributed by atoms with Gasteiger partial charge in [0.15, 0.2) is 0 Å². The molecule has 7 heteroatoms. The Morgan fingerprint density at radius 1 is 1.19 bits per heavy atom. The van der Waals surface area contributed by atoms with Gasteiger partial charge in [-0.1, -0.05) is 25.1 Å². The van der Waals surface area contributed by atoms with Crippen molar-refractivity contribution in [2.45, 2.75) is 51.2 Å². The van der Waals surface area contributed by atoms with Crippen LogP contribution in [0.4, 0.5) is 5.69 Å². The Labute approximate surface area is 188 Å². The van der Waals surface area contributed by atoms with Crippen molar-refractivity contribution in [3.05, 3.63) is 58.8 Å². The van der Waals surface area contributed by atoms with Crippen LogP contribution in [0.3, 0.4) is 0 Å². The summed E-state index contributed by atoms with van der Waals surface area (Å²) in [5.41, 5.74) is 11.2. The van der Waals surface area contributed by atoms with Gasteiger partial charge in [-0.3, -0.25) is 15.0 Å². The van der Waals surface area contributed by atoms with E-state index in [1.165, 1.54) is 40.5 Å². The van der Waals surface area contributed by atoms with E-state index in [-0.39, 0.29) is 6.17 Å². The molecule has 0 bridgehead atoms. The van der Waals surface area contributed by atoms with Crippen LogP contribution < -0.4 is 10.7 Å². The van der Waals surface area contributed by atoms with Crippen LogP contribution in [0.2, 0.25) is 0 Å². The minimum Gasteiger partial charge on any atom is -0.325 e. The van der Waals surface area contributed by atoms with Crippen LogP contribution in [0.25, 0.3) is 10.9 Å². The molecule has 2 aliphatic heterocycles. The molecule has 0 radical (unpaired) electrons. The minimum atomic E-state index is -0.0747. The normalized spacial score (nSPS) is 23.5. The van der Waals surface area contributed by atoms with Gasteiger partial charge >= 0.3 is 0 Å². The fourth-order valence-corrected chi connectivity index (χ4v) is 5.33. The fraction of sp³-hybridized carbons (Fsp3) is 0.440. The number of hydrogen-bond donors (Lipinski definition) is 3. The van der Waals surface area contributed by atoms with Gasteiger partial charge in [0.25, 0.3) is 0 Å². The van der Waals surface area contributed by atoms with Crippen molar-refractivity contribution in [3.63, 3.8) is 0 Å². The molecule has 2 atom stereocenters. The largest absolute Gasteiger partial charge is 0.325 e. The first-order valence-electron chi connectivity index (χ1n) is 11.8. The lowest BCUT2D eigenvalue weighted by molar-refractivity contribution is 0.209. The molecule has 6 rings (SSSR count). The number of guanidine groups is 1. The van der Waals surface area contributed by atoms with Crippen molar-refractivity contribution >= 4 is 22.5 Å². The van der Waals surface area contributed by atoms with Crippen LogP contribution in [-0.2, 0) is 6.42 Å². The molecule has 3 aromatic rings. The number of nitrogens with one attached hydrogen (secondary N) is 3. The van der Waals surface area contributed by atoms with Gasteiger partial charge in [0.05, 0.1) is 11.7 Å². The molecule has 7 nitrogen and oxygen atoms in total. The Morgan fingerprint density at radius 3 is 2.88 bits per heavy atom. The van der Waals surface area contributed by atoms with Gasteiger partial charge in [-0.25, -0.2) is 10.4 Å². The highest BCUT2D eigenvalue weighted by atomic mass is 15.6. The number of anilines is 1. The molecule has 0 spiro atoms. The van der Waals surface area contributed by atoms with Crippen molar-refractivity contribution in [2.24, 2.45) is 4.99 Å². The topological polar surface area (TPSA) is 71.6 Å². The number of H-pyrrole nitrogens is 1. The molecule has 1 aliphatic carbocycles. The summed E-state index contributed by atoms with van der Waals surface area (Å²) >= 11 is 0. The van der Waals surface area contributed by atoms with E-state index in [1.54, 1.807) is 0 Å². The quantitative estimate of drug-likeness (QED) is 0.577. The highest BCUT2D eigenvalue weighted by Gasteiger charge is 2.31. The number of benzene rings is 2. The molecule has 3 aliphatic rings. The number of aromatic amines is 1. The molecule has 1 aromatic heterocycles. The number of rotatable bonds is 4. The van der Waals surface area contributed by atoms with Gasteiger partial charge in [0, 0.05) is 30.7 Å². The smallest absolute Gasteiger partial charge is 0.214 e. The lowest BCUT2D eigenvalue weighted by atomic mass is 9.91. The molecule has 2 unspecified atom stereocenters. The van der Waals surface area contributed by atoms with E-state index in [0.29, 0.717) is 12.0 Å². The third-order valence-electron chi connectivity index (χ3n) is 7.34. The molecular formula is C25H31N7. The van der Waals surface area contributed by atoms with Gasteiger partial charge < -0.3 is 5.32 Å². The summed E-state index contributed by atoms with van der Waals surface area (Å²) < 4.78 is 0. The molecule has 0 saturated heterocycles. The van der Waals surface area contributed by atoms with E-state index >= 15 is 0 Å². The van der Waals surface area contributed by atoms with E-state index in [9.17, 15) is 0 Å². The van der Waals surface area contributed by atoms with Gasteiger partial charge in [0.2, 0.25) is 5.96 Å². The van der Waals surface area contributed by atoms with Crippen LogP contribution in [0.15, 0.2) is 41.5 Å². The van der Waals surface area contributed by atoms with Crippen molar-refractivity contribution in [1.29, 1.82) is 0 Å². The van der Waals surface area contributed by atoms with E-state index in [4.69, 9.17) is 4.99 Å². The summed E-state index contributed by atoms with van der Waals surface area (Å²) in [7, 11) is 2.03. The van der Waals surface area contributed by atoms with Gasteiger partial charge in [-0.05, 0) is 73.0 Å². The number of hydrogen-bond acceptors (Lipinski definition) is 6. The molecule has 32 heavy (non-hydrogen) atoms. The monoisotopic (exact) mass is 429 g/mol. The van der Waals surface area contributed by atoms with Crippen LogP contribution >= 0.6 is 0 Å². The SMILES string of the molecule is CCN1CCc2cc(C3N=C(Nc4ccc5[nH]ncc5c4C4CC4)N(C)N3)ccc2C1C. The third kappa shape index (κ3) is 3.27. The standard InChI is InChI=1S/C25H31N7/c1-4-32-12-11-17-13-18(7-8-19(17)15(32)2)24-28-25(31(3)30-24)27-22-10-9-21-20(14-26-29-21)23(22)16-5-6-16/h7-10,13-16,24,30H,4-6,11-12H2,1-3H3,(H,26,29)(H,27,28). The van der Waals surface area contributed by atoms with Crippen molar-refractivity contribution in [1.82, 2.24) is 25.5 Å². The summed E-state index contributed by atoms with van der Waals surface area (Å²) in [5, 5.41) is 14.2. The summed E-state index contributed by atoms with van der Waals surface area (Å²) in [6.45, 7) is 6.79. The first-order chi connectivity index (χ1) is 15.6. The Morgan fingerprint density at radius 2 is 2.06 bits per heavy atom. The zero-order valence-corrected chi connectivity index (χ0v) is 19.0. The molecule has 3 N–H and O–H groups in total. The first kappa shape index (κ1) is 19.8. The average Bonchev–Trinajstić information content (AvgIpc) is 3.41. The van der Waals surface area contributed by atoms with Crippen molar-refractivity contribution in [2.75, 3.05) is 25.5 Å². The molecule has 0 amide bonds. The zero-order chi connectivity index (χ0) is 21.8. The van der Waals surface area contributed by atoms with Crippen LogP contribution in [0, 0.1) is 0 Å².